The fourth-order valence-corrected chi connectivity index (χ4v) is 13.7. The predicted molar refractivity (Wildman–Crippen MR) is 434 cm³/mol. The summed E-state index contributed by atoms with van der Waals surface area (Å²) in [5.41, 5.74) is 7.13. The van der Waals surface area contributed by atoms with Crippen LogP contribution in [0.2, 0.25) is 0 Å². The molecule has 4 aliphatic rings. The van der Waals surface area contributed by atoms with Gasteiger partial charge in [0.05, 0.1) is 70.6 Å². The number of nitrogens with zero attached hydrogens (tertiary/aromatic N) is 4. The van der Waals surface area contributed by atoms with Gasteiger partial charge in [-0.05, 0) is 94.2 Å². The summed E-state index contributed by atoms with van der Waals surface area (Å²) in [6.07, 6.45) is 2.11. The molecule has 4 aliphatic heterocycles. The number of rotatable bonds is 23. The molecule has 2 saturated heterocycles. The minimum atomic E-state index is -1.75. The molecule has 0 radical (unpaired) electrons. The molecule has 34 heteroatoms. The first-order valence-corrected chi connectivity index (χ1v) is 40.5. The lowest BCUT2D eigenvalue weighted by atomic mass is 9.85. The van der Waals surface area contributed by atoms with Crippen molar-refractivity contribution in [2.45, 2.75) is 166 Å². The van der Waals surface area contributed by atoms with E-state index in [-0.39, 0.29) is 93.9 Å². The maximum absolute atomic E-state index is 14.4. The van der Waals surface area contributed by atoms with Crippen LogP contribution in [-0.4, -0.2) is 271 Å². The van der Waals surface area contributed by atoms with Gasteiger partial charge in [-0.3, -0.25) is 52.7 Å². The number of halogens is 1. The molecule has 4 aromatic rings. The molecule has 8 bridgehead atoms. The number of aliphatic hydroxyl groups excluding tert-OH is 2. The molecule has 8 rings (SSSR count). The number of aliphatic hydroxyl groups is 2. The Bertz CT molecular complexity index is 3860. The molecule has 31 nitrogen and oxygen atoms in total. The minimum absolute atomic E-state index is 0. The van der Waals surface area contributed by atoms with E-state index in [9.17, 15) is 72.9 Å². The van der Waals surface area contributed by atoms with Gasteiger partial charge in [0.25, 0.3) is 11.8 Å². The summed E-state index contributed by atoms with van der Waals surface area (Å²) in [5.74, 6) is -4.15. The molecule has 4 unspecified atom stereocenters. The summed E-state index contributed by atoms with van der Waals surface area (Å²) in [4.78, 5) is 161. The number of hydrogen-bond donors (Lipinski definition) is 11. The molecule has 4 aromatic carbocycles. The summed E-state index contributed by atoms with van der Waals surface area (Å²) in [6, 6.07) is 24.6. The Kier molecular flexibility index (Phi) is 38.9. The number of likely N-dealkylation sites (N-methyl/N-ethyl adjacent to an activating group) is 2. The molecule has 0 aromatic heterocycles. The average molecular weight is 1650 g/mol. The van der Waals surface area contributed by atoms with E-state index in [0.717, 1.165) is 16.9 Å². The van der Waals surface area contributed by atoms with Crippen molar-refractivity contribution in [2.75, 3.05) is 105 Å². The van der Waals surface area contributed by atoms with Crippen molar-refractivity contribution in [1.82, 2.24) is 56.8 Å². The van der Waals surface area contributed by atoms with Crippen molar-refractivity contribution in [3.63, 3.8) is 0 Å². The van der Waals surface area contributed by atoms with Gasteiger partial charge >= 0.3 is 5.97 Å². The van der Waals surface area contributed by atoms with Crippen LogP contribution in [-0.2, 0) is 79.8 Å². The molecule has 11 amide bonds. The summed E-state index contributed by atoms with van der Waals surface area (Å²) >= 11 is 3.02. The molecule has 628 valence electrons. The first kappa shape index (κ1) is 95.5. The number of aliphatic carboxylic acids is 1. The van der Waals surface area contributed by atoms with Crippen LogP contribution in [0.5, 0.6) is 11.5 Å². The van der Waals surface area contributed by atoms with E-state index in [2.05, 4.69) is 37.2 Å². The lowest BCUT2D eigenvalue weighted by molar-refractivity contribution is -0.150. The minimum Gasteiger partial charge on any atom is -0.493 e. The van der Waals surface area contributed by atoms with E-state index < -0.39 is 131 Å². The van der Waals surface area contributed by atoms with Crippen LogP contribution in [0.15, 0.2) is 109 Å². The fourth-order valence-electron chi connectivity index (χ4n) is 12.7. The lowest BCUT2D eigenvalue weighted by Crippen LogP contribution is -2.59. The van der Waals surface area contributed by atoms with E-state index in [4.69, 9.17) is 24.7 Å². The van der Waals surface area contributed by atoms with Crippen LogP contribution in [0.1, 0.15) is 114 Å². The molecule has 12 atom stereocenters. The van der Waals surface area contributed by atoms with E-state index in [1.54, 1.807) is 107 Å². The number of carboxylic acid groups (broad SMARTS) is 1. The Morgan fingerprint density at radius 3 is 1.37 bits per heavy atom. The summed E-state index contributed by atoms with van der Waals surface area (Å²) in [5, 5.41) is 49.4. The highest BCUT2D eigenvalue weighted by atomic mass is 35.5. The third-order valence-corrected chi connectivity index (χ3v) is 20.2. The molecule has 12 N–H and O–H groups in total. The van der Waals surface area contributed by atoms with Crippen molar-refractivity contribution in [2.24, 2.45) is 16.6 Å². The first-order valence-electron chi connectivity index (χ1n) is 37.7. The maximum Gasteiger partial charge on any atom is 0.326 e. The van der Waals surface area contributed by atoms with Crippen LogP contribution < -0.4 is 52.4 Å². The van der Waals surface area contributed by atoms with E-state index in [0.29, 0.717) is 74.1 Å². The summed E-state index contributed by atoms with van der Waals surface area (Å²) in [7, 11) is 6.32. The zero-order chi connectivity index (χ0) is 83.3. The zero-order valence-electron chi connectivity index (χ0n) is 67.0. The number of benzene rings is 4. The van der Waals surface area contributed by atoms with Crippen molar-refractivity contribution in [3.05, 3.63) is 131 Å². The number of amides is 11. The number of hydrogen-bond acceptors (Lipinski definition) is 21. The lowest BCUT2D eigenvalue weighted by Gasteiger charge is -2.36. The predicted octanol–water partition coefficient (Wildman–Crippen LogP) is 2.71. The summed E-state index contributed by atoms with van der Waals surface area (Å²) < 4.78 is 23.6. The number of ether oxygens (including phenoxy) is 4. The Balaban J connectivity index is 0.000000336. The van der Waals surface area contributed by atoms with Gasteiger partial charge in [0.2, 0.25) is 53.2 Å². The van der Waals surface area contributed by atoms with Gasteiger partial charge in [0, 0.05) is 73.0 Å². The monoisotopic (exact) mass is 1650 g/mol. The number of carbonyl (C=O) groups is 12. The van der Waals surface area contributed by atoms with Crippen molar-refractivity contribution in [1.29, 1.82) is 0 Å². The normalized spacial score (nSPS) is 20.4. The zero-order valence-corrected chi connectivity index (χ0v) is 69.5. The molecular weight excluding hydrogens is 1530 g/mol. The Hall–Kier alpha value is -9.09. The second-order valence-corrected chi connectivity index (χ2v) is 32.5. The smallest absolute Gasteiger partial charge is 0.326 e. The van der Waals surface area contributed by atoms with Crippen LogP contribution in [0.4, 0.5) is 0 Å². The number of fused-ring (bicyclic) bond motifs is 8. The maximum atomic E-state index is 14.4. The van der Waals surface area contributed by atoms with Crippen LogP contribution in [0.25, 0.3) is 0 Å². The molecule has 0 aliphatic carbocycles. The number of carbonyl (C=O) groups excluding carboxylic acids is 11. The molecule has 114 heavy (non-hydrogen) atoms. The van der Waals surface area contributed by atoms with Crippen LogP contribution in [0, 0.1) is 10.8 Å². The fraction of sp³-hybridized carbons (Fsp3) is 0.550. The van der Waals surface area contributed by atoms with E-state index in [1.807, 2.05) is 96.5 Å². The SMILES string of the molecule is CC(C)(C)[C@@H]1NC(=O)Cc2cccc(c2)OCCCO[C@@H]2C[C@@H](C(=O)O)N(C2)C1=O.CSCCC(N)C(O)C(=O)NCC(=O)N[C@H](C(=O)N(C)C)c1ccccc1.CSCCC(NC(=O)[C@@H]1C[C@@H]2CN1C(=O)[C@H](C(C)(C)C)NC(=O)Cc1cccc(c1)OCCCO2)C(O)C(=O)NCC(=O)N[C@H](C(=O)N(C)C)c1ccccc1.Cl. The average Bonchev–Trinajstić information content (AvgIpc) is 1.65. The highest BCUT2D eigenvalue weighted by Gasteiger charge is 2.48. The van der Waals surface area contributed by atoms with Gasteiger partial charge in [-0.15, -0.1) is 12.4 Å². The van der Waals surface area contributed by atoms with E-state index >= 15 is 0 Å². The molecular formula is C80H115ClN12O19S2. The molecule has 2 fully saturated rings. The Labute approximate surface area is 681 Å². The number of nitrogens with one attached hydrogen (secondary N) is 7. The number of carboxylic acids is 1. The standard InChI is InChI=1S/C40H56N6O9S.C22H30N2O6.C18H28N4O4S.ClH/c1-40(2,3)35-39(53)46-24-28(55-18-11-17-54-27-15-10-12-25(20-27)21-31(47)44-35)22-30(46)36(50)42-29(16-19-56-6)34(49)37(51)41-23-32(48)43-33(38(52)45(4)5)26-13-8-7-9-14-26;1-22(2,3)19-20(26)24-13-16(12-17(24)21(27)28)30-9-5-8-29-15-7-4-6-14(10-15)11-18(25)23-19;1-22(2)18(26)15(12-7-5-4-6-8-12)21-14(23)11-20-17(25)16(24)13(19)9-10-27-3;/h7-10,12-15,20,28-30,33-35,49H,11,16-19,21-24H2,1-6H3,(H,41,51)(H,42,50)(H,43,48)(H,44,47);4,6-7,10,16-17,19H,5,8-9,11-13H2,1-3H3,(H,23,25)(H,27,28);4-8,13,15-16,24H,9-11,19H2,1-3H3,(H,20,25)(H,21,23);1H/t28-,29?,30+,33+,34?,35-;16-,17+,19-;13?,15-,16?;/m110./s1. The van der Waals surface area contributed by atoms with Gasteiger partial charge in [0.1, 0.15) is 53.9 Å². The van der Waals surface area contributed by atoms with Gasteiger partial charge in [-0.1, -0.05) is 126 Å². The quantitative estimate of drug-likeness (QED) is 0.0508. The summed E-state index contributed by atoms with van der Waals surface area (Å²) in [6.45, 7) is 12.0. The van der Waals surface area contributed by atoms with Crippen molar-refractivity contribution < 1.29 is 91.8 Å². The largest absolute Gasteiger partial charge is 0.493 e. The van der Waals surface area contributed by atoms with Crippen molar-refractivity contribution in [3.8, 4) is 11.5 Å². The highest BCUT2D eigenvalue weighted by molar-refractivity contribution is 7.98. The van der Waals surface area contributed by atoms with Crippen LogP contribution >= 0.6 is 35.9 Å². The Morgan fingerprint density at radius 2 is 0.965 bits per heavy atom. The van der Waals surface area contributed by atoms with Gasteiger partial charge < -0.3 is 96.8 Å². The second-order valence-electron chi connectivity index (χ2n) is 30.5. The van der Waals surface area contributed by atoms with Gasteiger partial charge in [0.15, 0.2) is 6.10 Å². The van der Waals surface area contributed by atoms with Gasteiger partial charge in [-0.2, -0.15) is 23.5 Å². The number of nitrogens with two attached hydrogens (primary N) is 1. The molecule has 0 spiro atoms. The highest BCUT2D eigenvalue weighted by Crippen LogP contribution is 2.31. The molecule has 0 saturated carbocycles. The van der Waals surface area contributed by atoms with Gasteiger partial charge in [-0.25, -0.2) is 4.79 Å². The van der Waals surface area contributed by atoms with Crippen LogP contribution in [0.3, 0.4) is 0 Å². The molecule has 4 heterocycles. The van der Waals surface area contributed by atoms with E-state index in [1.165, 1.54) is 31.4 Å². The Morgan fingerprint density at radius 1 is 0.561 bits per heavy atom. The third kappa shape index (κ3) is 29.9. The number of thioether (sulfide) groups is 2. The van der Waals surface area contributed by atoms with Crippen molar-refractivity contribution >= 4 is 107 Å². The first-order chi connectivity index (χ1) is 53.5. The second kappa shape index (κ2) is 46.5. The third-order valence-electron chi connectivity index (χ3n) is 18.9. The topological polar surface area (TPSA) is 426 Å².